The molecule has 18 heavy (non-hydrogen) atoms. The maximum Gasteiger partial charge on any atom is 0.203 e. The summed E-state index contributed by atoms with van der Waals surface area (Å²) in [6, 6.07) is 0.296. The van der Waals surface area contributed by atoms with E-state index in [0.717, 1.165) is 12.5 Å². The van der Waals surface area contributed by atoms with Crippen molar-refractivity contribution >= 4 is 5.95 Å². The molecule has 104 valence electrons. The van der Waals surface area contributed by atoms with Gasteiger partial charge in [0.15, 0.2) is 0 Å². The summed E-state index contributed by atoms with van der Waals surface area (Å²) in [6.45, 7) is 12.8. The van der Waals surface area contributed by atoms with Gasteiger partial charge in [-0.1, -0.05) is 27.7 Å². The Morgan fingerprint density at radius 3 is 2.61 bits per heavy atom. The molecule has 0 radical (unpaired) electrons. The number of imidazole rings is 1. The van der Waals surface area contributed by atoms with Gasteiger partial charge in [-0.25, -0.2) is 4.98 Å². The van der Waals surface area contributed by atoms with Gasteiger partial charge in [-0.05, 0) is 18.3 Å². The summed E-state index contributed by atoms with van der Waals surface area (Å²) in [4.78, 5) is 4.37. The van der Waals surface area contributed by atoms with Crippen LogP contribution in [0.1, 0.15) is 40.7 Å². The molecule has 0 saturated heterocycles. The van der Waals surface area contributed by atoms with Gasteiger partial charge in [0.05, 0.1) is 12.6 Å². The van der Waals surface area contributed by atoms with Gasteiger partial charge < -0.3 is 14.6 Å². The second-order valence-electron chi connectivity index (χ2n) is 6.11. The molecule has 4 nitrogen and oxygen atoms in total. The van der Waals surface area contributed by atoms with Crippen molar-refractivity contribution in [2.75, 3.05) is 25.6 Å². The number of rotatable bonds is 6. The van der Waals surface area contributed by atoms with E-state index in [0.29, 0.717) is 24.0 Å². The Balaban J connectivity index is 2.61. The van der Waals surface area contributed by atoms with Gasteiger partial charge in [-0.3, -0.25) is 0 Å². The molecule has 2 atom stereocenters. The fourth-order valence-electron chi connectivity index (χ4n) is 1.68. The molecule has 1 aromatic heterocycles. The second-order valence-corrected chi connectivity index (χ2v) is 6.11. The molecule has 1 aromatic rings. The summed E-state index contributed by atoms with van der Waals surface area (Å²) >= 11 is 0. The lowest BCUT2D eigenvalue weighted by Crippen LogP contribution is -2.26. The van der Waals surface area contributed by atoms with Crippen molar-refractivity contribution < 1.29 is 4.74 Å². The third-order valence-corrected chi connectivity index (χ3v) is 3.60. The molecule has 1 rings (SSSR count). The molecule has 2 unspecified atom stereocenters. The Morgan fingerprint density at radius 1 is 1.39 bits per heavy atom. The summed E-state index contributed by atoms with van der Waals surface area (Å²) in [6.07, 6.45) is 3.82. The standard InChI is InChI=1S/C14H27N3O/c1-11(14(3,4)5)9-16-13-15-7-8-17(13)12(2)10-18-6/h7-8,11-12H,9-10H2,1-6H3,(H,15,16). The van der Waals surface area contributed by atoms with Gasteiger partial charge in [-0.2, -0.15) is 0 Å². The van der Waals surface area contributed by atoms with Crippen LogP contribution in [0.2, 0.25) is 0 Å². The zero-order valence-electron chi connectivity index (χ0n) is 12.5. The molecule has 0 spiro atoms. The number of hydrogen-bond donors (Lipinski definition) is 1. The molecule has 4 heteroatoms. The van der Waals surface area contributed by atoms with Crippen molar-refractivity contribution in [3.63, 3.8) is 0 Å². The van der Waals surface area contributed by atoms with Crippen molar-refractivity contribution in [1.82, 2.24) is 9.55 Å². The fourth-order valence-corrected chi connectivity index (χ4v) is 1.68. The SMILES string of the molecule is COCC(C)n1ccnc1NCC(C)C(C)(C)C. The van der Waals surface area contributed by atoms with Gasteiger partial charge in [0.2, 0.25) is 5.95 Å². The van der Waals surface area contributed by atoms with Gasteiger partial charge in [-0.15, -0.1) is 0 Å². The Bertz CT molecular complexity index is 354. The van der Waals surface area contributed by atoms with E-state index in [4.69, 9.17) is 4.74 Å². The molecule has 1 N–H and O–H groups in total. The summed E-state index contributed by atoms with van der Waals surface area (Å²) in [5.41, 5.74) is 0.308. The number of nitrogens with one attached hydrogen (secondary N) is 1. The van der Waals surface area contributed by atoms with Gasteiger partial charge in [0, 0.05) is 26.0 Å². The lowest BCUT2D eigenvalue weighted by atomic mass is 9.82. The normalized spacial score (nSPS) is 15.4. The predicted octanol–water partition coefficient (Wildman–Crippen LogP) is 3.18. The maximum atomic E-state index is 5.19. The number of methoxy groups -OCH3 is 1. The lowest BCUT2D eigenvalue weighted by Gasteiger charge is -2.28. The van der Waals surface area contributed by atoms with E-state index in [1.807, 2.05) is 12.4 Å². The first-order chi connectivity index (χ1) is 8.36. The Morgan fingerprint density at radius 2 is 2.06 bits per heavy atom. The molecule has 0 aliphatic rings. The van der Waals surface area contributed by atoms with Crippen LogP contribution < -0.4 is 5.32 Å². The van der Waals surface area contributed by atoms with Crippen LogP contribution in [0.4, 0.5) is 5.95 Å². The minimum atomic E-state index is 0.296. The third-order valence-electron chi connectivity index (χ3n) is 3.60. The van der Waals surface area contributed by atoms with E-state index in [-0.39, 0.29) is 0 Å². The van der Waals surface area contributed by atoms with E-state index in [1.165, 1.54) is 0 Å². The van der Waals surface area contributed by atoms with Crippen LogP contribution in [-0.2, 0) is 4.74 Å². The van der Waals surface area contributed by atoms with E-state index in [2.05, 4.69) is 49.5 Å². The zero-order valence-corrected chi connectivity index (χ0v) is 12.5. The second kappa shape index (κ2) is 6.23. The van der Waals surface area contributed by atoms with Gasteiger partial charge in [0.1, 0.15) is 0 Å². The van der Waals surface area contributed by atoms with Crippen LogP contribution in [0, 0.1) is 11.3 Å². The predicted molar refractivity (Wildman–Crippen MR) is 75.9 cm³/mol. The number of hydrogen-bond acceptors (Lipinski definition) is 3. The first-order valence-corrected chi connectivity index (χ1v) is 6.62. The Hall–Kier alpha value is -1.03. The monoisotopic (exact) mass is 253 g/mol. The van der Waals surface area contributed by atoms with Gasteiger partial charge in [0.25, 0.3) is 0 Å². The minimum absolute atomic E-state index is 0.296. The molecule has 0 aliphatic carbocycles. The first-order valence-electron chi connectivity index (χ1n) is 6.62. The van der Waals surface area contributed by atoms with Crippen molar-refractivity contribution in [1.29, 1.82) is 0 Å². The van der Waals surface area contributed by atoms with Crippen molar-refractivity contribution in [2.24, 2.45) is 11.3 Å². The van der Waals surface area contributed by atoms with E-state index < -0.39 is 0 Å². The average molecular weight is 253 g/mol. The number of nitrogens with zero attached hydrogens (tertiary/aromatic N) is 2. The highest BCUT2D eigenvalue weighted by atomic mass is 16.5. The highest BCUT2D eigenvalue weighted by molar-refractivity contribution is 5.26. The lowest BCUT2D eigenvalue weighted by molar-refractivity contribution is 0.163. The molecule has 0 bridgehead atoms. The van der Waals surface area contributed by atoms with Crippen LogP contribution in [0.5, 0.6) is 0 Å². The number of ether oxygens (including phenoxy) is 1. The summed E-state index contributed by atoms with van der Waals surface area (Å²) in [5, 5.41) is 3.44. The molecule has 1 heterocycles. The number of aromatic nitrogens is 2. The smallest absolute Gasteiger partial charge is 0.203 e. The Labute approximate surface area is 111 Å². The maximum absolute atomic E-state index is 5.19. The highest BCUT2D eigenvalue weighted by Gasteiger charge is 2.20. The van der Waals surface area contributed by atoms with Crippen LogP contribution in [0.15, 0.2) is 12.4 Å². The molecule has 0 aliphatic heterocycles. The van der Waals surface area contributed by atoms with Crippen LogP contribution in [0.3, 0.4) is 0 Å². The number of anilines is 1. The van der Waals surface area contributed by atoms with Crippen LogP contribution >= 0.6 is 0 Å². The minimum Gasteiger partial charge on any atom is -0.383 e. The molecule has 0 saturated carbocycles. The summed E-state index contributed by atoms with van der Waals surface area (Å²) in [7, 11) is 1.72. The molecule has 0 amide bonds. The Kier molecular flexibility index (Phi) is 5.20. The molecule has 0 aromatic carbocycles. The quantitative estimate of drug-likeness (QED) is 0.846. The summed E-state index contributed by atoms with van der Waals surface area (Å²) in [5.74, 6) is 1.51. The third kappa shape index (κ3) is 4.02. The largest absolute Gasteiger partial charge is 0.383 e. The van der Waals surface area contributed by atoms with Crippen molar-refractivity contribution in [3.05, 3.63) is 12.4 Å². The molecule has 0 fully saturated rings. The topological polar surface area (TPSA) is 39.1 Å². The highest BCUT2D eigenvalue weighted by Crippen LogP contribution is 2.25. The first kappa shape index (κ1) is 15.0. The van der Waals surface area contributed by atoms with E-state index >= 15 is 0 Å². The molecular weight excluding hydrogens is 226 g/mol. The van der Waals surface area contributed by atoms with Crippen LogP contribution in [0.25, 0.3) is 0 Å². The van der Waals surface area contributed by atoms with Crippen molar-refractivity contribution in [2.45, 2.75) is 40.7 Å². The van der Waals surface area contributed by atoms with Crippen molar-refractivity contribution in [3.8, 4) is 0 Å². The van der Waals surface area contributed by atoms with E-state index in [9.17, 15) is 0 Å². The average Bonchev–Trinajstić information content (AvgIpc) is 2.72. The van der Waals surface area contributed by atoms with Gasteiger partial charge >= 0.3 is 0 Å². The fraction of sp³-hybridized carbons (Fsp3) is 0.786. The van der Waals surface area contributed by atoms with E-state index in [1.54, 1.807) is 7.11 Å². The summed E-state index contributed by atoms with van der Waals surface area (Å²) < 4.78 is 7.31. The zero-order chi connectivity index (χ0) is 13.8. The van der Waals surface area contributed by atoms with Crippen LogP contribution in [-0.4, -0.2) is 29.8 Å². The molecular formula is C14H27N3O.